The molecule has 0 aliphatic rings. The minimum atomic E-state index is -0.671. The van der Waals surface area contributed by atoms with E-state index in [1.807, 2.05) is 6.07 Å². The Labute approximate surface area is 128 Å². The molecule has 2 rings (SSSR count). The van der Waals surface area contributed by atoms with Gasteiger partial charge in [0.1, 0.15) is 6.04 Å². The molecule has 1 unspecified atom stereocenters. The Morgan fingerprint density at radius 1 is 1.14 bits per heavy atom. The van der Waals surface area contributed by atoms with Gasteiger partial charge in [0.15, 0.2) is 0 Å². The van der Waals surface area contributed by atoms with E-state index in [9.17, 15) is 9.59 Å². The summed E-state index contributed by atoms with van der Waals surface area (Å²) in [5.41, 5.74) is 1.04. The van der Waals surface area contributed by atoms with Crippen LogP contribution in [0, 0.1) is 0 Å². The maximum absolute atomic E-state index is 12.0. The van der Waals surface area contributed by atoms with E-state index in [0.717, 1.165) is 0 Å². The van der Waals surface area contributed by atoms with Crippen LogP contribution < -0.4 is 15.4 Å². The number of nitrogens with zero attached hydrogens (tertiary/aromatic N) is 1. The summed E-state index contributed by atoms with van der Waals surface area (Å²) < 4.78 is 4.94. The number of hydrogen-bond donors (Lipinski definition) is 2. The van der Waals surface area contributed by atoms with Gasteiger partial charge in [-0.15, -0.1) is 0 Å². The molecule has 0 saturated carbocycles. The van der Waals surface area contributed by atoms with Crippen molar-refractivity contribution in [1.29, 1.82) is 0 Å². The second-order valence-corrected chi connectivity index (χ2v) is 4.64. The summed E-state index contributed by atoms with van der Waals surface area (Å²) in [5, 5.41) is 5.32. The third kappa shape index (κ3) is 4.05. The molecule has 0 spiro atoms. The van der Waals surface area contributed by atoms with Gasteiger partial charge in [0.2, 0.25) is 11.8 Å². The SMILES string of the molecule is COc1ccc(NC(=O)C(C)NC(=O)c2ccccc2)cn1. The van der Waals surface area contributed by atoms with E-state index in [0.29, 0.717) is 17.1 Å². The van der Waals surface area contributed by atoms with Gasteiger partial charge < -0.3 is 15.4 Å². The summed E-state index contributed by atoms with van der Waals surface area (Å²) >= 11 is 0. The van der Waals surface area contributed by atoms with E-state index in [1.165, 1.54) is 13.3 Å². The molecule has 1 atom stereocenters. The zero-order valence-corrected chi connectivity index (χ0v) is 12.4. The van der Waals surface area contributed by atoms with Gasteiger partial charge in [-0.1, -0.05) is 18.2 Å². The molecule has 1 aromatic carbocycles. The molecule has 6 heteroatoms. The van der Waals surface area contributed by atoms with Crippen molar-refractivity contribution in [3.63, 3.8) is 0 Å². The summed E-state index contributed by atoms with van der Waals surface area (Å²) in [6.45, 7) is 1.62. The van der Waals surface area contributed by atoms with Gasteiger partial charge >= 0.3 is 0 Å². The second kappa shape index (κ2) is 7.21. The number of aromatic nitrogens is 1. The number of carbonyl (C=O) groups is 2. The van der Waals surface area contributed by atoms with Gasteiger partial charge in [-0.05, 0) is 25.1 Å². The summed E-state index contributed by atoms with van der Waals surface area (Å²) in [7, 11) is 1.52. The lowest BCUT2D eigenvalue weighted by molar-refractivity contribution is -0.117. The Hall–Kier alpha value is -2.89. The van der Waals surface area contributed by atoms with Crippen LogP contribution in [0.25, 0.3) is 0 Å². The van der Waals surface area contributed by atoms with Crippen LogP contribution in [0.5, 0.6) is 5.88 Å². The number of hydrogen-bond acceptors (Lipinski definition) is 4. The number of methoxy groups -OCH3 is 1. The van der Waals surface area contributed by atoms with Gasteiger partial charge in [-0.25, -0.2) is 4.98 Å². The minimum absolute atomic E-state index is 0.295. The molecule has 1 aromatic heterocycles. The molecule has 2 amide bonds. The lowest BCUT2D eigenvalue weighted by Gasteiger charge is -2.14. The van der Waals surface area contributed by atoms with Crippen LogP contribution in [0.3, 0.4) is 0 Å². The largest absolute Gasteiger partial charge is 0.481 e. The first-order valence-corrected chi connectivity index (χ1v) is 6.77. The third-order valence-electron chi connectivity index (χ3n) is 2.99. The molecule has 0 bridgehead atoms. The maximum Gasteiger partial charge on any atom is 0.251 e. The van der Waals surface area contributed by atoms with Crippen molar-refractivity contribution in [3.05, 3.63) is 54.2 Å². The van der Waals surface area contributed by atoms with Gasteiger partial charge in [0.05, 0.1) is 19.0 Å². The van der Waals surface area contributed by atoms with Gasteiger partial charge in [0.25, 0.3) is 5.91 Å². The molecule has 0 saturated heterocycles. The number of amides is 2. The Morgan fingerprint density at radius 2 is 1.86 bits per heavy atom. The zero-order chi connectivity index (χ0) is 15.9. The summed E-state index contributed by atoms with van der Waals surface area (Å²) in [6.07, 6.45) is 1.49. The van der Waals surface area contributed by atoms with E-state index < -0.39 is 6.04 Å². The van der Waals surface area contributed by atoms with Gasteiger partial charge in [0, 0.05) is 11.6 Å². The smallest absolute Gasteiger partial charge is 0.251 e. The average molecular weight is 299 g/mol. The lowest BCUT2D eigenvalue weighted by Crippen LogP contribution is -2.41. The fourth-order valence-electron chi connectivity index (χ4n) is 1.76. The number of anilines is 1. The molecule has 0 aliphatic carbocycles. The van der Waals surface area contributed by atoms with Crippen molar-refractivity contribution in [2.24, 2.45) is 0 Å². The number of benzene rings is 1. The van der Waals surface area contributed by atoms with Crippen molar-refractivity contribution in [2.75, 3.05) is 12.4 Å². The van der Waals surface area contributed by atoms with Crippen molar-refractivity contribution in [1.82, 2.24) is 10.3 Å². The number of pyridine rings is 1. The fraction of sp³-hybridized carbons (Fsp3) is 0.188. The maximum atomic E-state index is 12.0. The summed E-state index contributed by atoms with van der Waals surface area (Å²) in [6, 6.07) is 11.4. The number of rotatable bonds is 5. The van der Waals surface area contributed by atoms with Crippen LogP contribution in [0.2, 0.25) is 0 Å². The van der Waals surface area contributed by atoms with Crippen molar-refractivity contribution in [2.45, 2.75) is 13.0 Å². The Morgan fingerprint density at radius 3 is 2.45 bits per heavy atom. The quantitative estimate of drug-likeness (QED) is 0.883. The molecule has 114 valence electrons. The van der Waals surface area contributed by atoms with E-state index in [2.05, 4.69) is 15.6 Å². The molecule has 1 heterocycles. The zero-order valence-electron chi connectivity index (χ0n) is 12.4. The molecule has 6 nitrogen and oxygen atoms in total. The summed E-state index contributed by atoms with van der Waals surface area (Å²) in [5.74, 6) is -0.157. The van der Waals surface area contributed by atoms with Crippen LogP contribution in [0.1, 0.15) is 17.3 Å². The third-order valence-corrected chi connectivity index (χ3v) is 2.99. The normalized spacial score (nSPS) is 11.4. The van der Waals surface area contributed by atoms with E-state index in [4.69, 9.17) is 4.74 Å². The van der Waals surface area contributed by atoms with Crippen molar-refractivity contribution < 1.29 is 14.3 Å². The fourth-order valence-corrected chi connectivity index (χ4v) is 1.76. The van der Waals surface area contributed by atoms with E-state index in [1.54, 1.807) is 43.3 Å². The van der Waals surface area contributed by atoms with Gasteiger partial charge in [-0.3, -0.25) is 9.59 Å². The van der Waals surface area contributed by atoms with Crippen molar-refractivity contribution in [3.8, 4) is 5.88 Å². The van der Waals surface area contributed by atoms with Crippen LogP contribution in [-0.4, -0.2) is 29.9 Å². The first-order chi connectivity index (χ1) is 10.6. The minimum Gasteiger partial charge on any atom is -0.481 e. The standard InChI is InChI=1S/C16H17N3O3/c1-11(18-16(21)12-6-4-3-5-7-12)15(20)19-13-8-9-14(22-2)17-10-13/h3-11H,1-2H3,(H,18,21)(H,19,20). The molecule has 0 radical (unpaired) electrons. The molecular weight excluding hydrogens is 282 g/mol. The molecular formula is C16H17N3O3. The molecule has 0 aliphatic heterocycles. The number of ether oxygens (including phenoxy) is 1. The van der Waals surface area contributed by atoms with Gasteiger partial charge in [-0.2, -0.15) is 0 Å². The number of carbonyl (C=O) groups excluding carboxylic acids is 2. The Balaban J connectivity index is 1.92. The molecule has 22 heavy (non-hydrogen) atoms. The highest BCUT2D eigenvalue weighted by Crippen LogP contribution is 2.11. The Kier molecular flexibility index (Phi) is 5.08. The molecule has 2 N–H and O–H groups in total. The highest BCUT2D eigenvalue weighted by atomic mass is 16.5. The van der Waals surface area contributed by atoms with Crippen molar-refractivity contribution >= 4 is 17.5 Å². The highest BCUT2D eigenvalue weighted by Gasteiger charge is 2.16. The topological polar surface area (TPSA) is 80.3 Å². The van der Waals surface area contributed by atoms with E-state index in [-0.39, 0.29) is 11.8 Å². The Bertz CT molecular complexity index is 641. The second-order valence-electron chi connectivity index (χ2n) is 4.64. The van der Waals surface area contributed by atoms with E-state index >= 15 is 0 Å². The van der Waals surface area contributed by atoms with Crippen LogP contribution in [0.4, 0.5) is 5.69 Å². The van der Waals surface area contributed by atoms with Crippen LogP contribution in [0.15, 0.2) is 48.7 Å². The van der Waals surface area contributed by atoms with Crippen LogP contribution >= 0.6 is 0 Å². The first kappa shape index (κ1) is 15.5. The first-order valence-electron chi connectivity index (χ1n) is 6.77. The average Bonchev–Trinajstić information content (AvgIpc) is 2.56. The lowest BCUT2D eigenvalue weighted by atomic mass is 10.2. The number of nitrogens with one attached hydrogen (secondary N) is 2. The predicted octanol–water partition coefficient (Wildman–Crippen LogP) is 1.85. The molecule has 2 aromatic rings. The summed E-state index contributed by atoms with van der Waals surface area (Å²) in [4.78, 5) is 28.0. The monoisotopic (exact) mass is 299 g/mol. The highest BCUT2D eigenvalue weighted by molar-refractivity contribution is 6.00. The van der Waals surface area contributed by atoms with Crippen LogP contribution in [-0.2, 0) is 4.79 Å². The molecule has 0 fully saturated rings. The predicted molar refractivity (Wildman–Crippen MR) is 82.8 cm³/mol.